The standard InChI is InChI=1S/C26H22ClN3O3/c1-25(2)11-20(31)22-21(12-25)33-23(29)18(13-28)26(22)17-5-3-4-6-19(17)30(24(26)32)14-15-7-9-16(27)10-8-15/h3-10H,11-12,14,29H2,1-2H3. The maximum Gasteiger partial charge on any atom is 0.248 e. The van der Waals surface area contributed by atoms with Crippen LogP contribution in [0.4, 0.5) is 5.69 Å². The molecule has 1 atom stereocenters. The minimum atomic E-state index is -1.61. The number of rotatable bonds is 2. The largest absolute Gasteiger partial charge is 0.444 e. The van der Waals surface area contributed by atoms with E-state index in [2.05, 4.69) is 6.07 Å². The monoisotopic (exact) mass is 459 g/mol. The molecule has 1 unspecified atom stereocenters. The fourth-order valence-corrected chi connectivity index (χ4v) is 5.39. The Hall–Kier alpha value is -3.56. The number of fused-ring (bicyclic) bond motifs is 3. The summed E-state index contributed by atoms with van der Waals surface area (Å²) in [6, 6.07) is 16.6. The van der Waals surface area contributed by atoms with Crippen LogP contribution >= 0.6 is 11.6 Å². The lowest BCUT2D eigenvalue weighted by molar-refractivity contribution is -0.125. The van der Waals surface area contributed by atoms with Gasteiger partial charge in [-0.1, -0.05) is 55.8 Å². The molecule has 2 aliphatic heterocycles. The highest BCUT2D eigenvalue weighted by atomic mass is 35.5. The number of nitrogens with two attached hydrogens (primary N) is 1. The van der Waals surface area contributed by atoms with Gasteiger partial charge < -0.3 is 15.4 Å². The molecule has 0 fully saturated rings. The first kappa shape index (κ1) is 21.3. The summed E-state index contributed by atoms with van der Waals surface area (Å²) in [5, 5.41) is 10.7. The molecule has 166 valence electrons. The third-order valence-electron chi connectivity index (χ3n) is 6.60. The summed E-state index contributed by atoms with van der Waals surface area (Å²) in [6.45, 7) is 4.21. The van der Waals surface area contributed by atoms with Crippen LogP contribution in [0.3, 0.4) is 0 Å². The summed E-state index contributed by atoms with van der Waals surface area (Å²) in [5.41, 5.74) is 6.56. The van der Waals surface area contributed by atoms with Crippen LogP contribution in [0.1, 0.15) is 37.8 Å². The van der Waals surface area contributed by atoms with Crippen LogP contribution in [0.15, 0.2) is 71.3 Å². The van der Waals surface area contributed by atoms with E-state index in [1.165, 1.54) is 0 Å². The highest BCUT2D eigenvalue weighted by molar-refractivity contribution is 6.30. The van der Waals surface area contributed by atoms with Crippen molar-refractivity contribution in [2.45, 2.75) is 38.6 Å². The van der Waals surface area contributed by atoms with Gasteiger partial charge in [-0.05, 0) is 29.2 Å². The van der Waals surface area contributed by atoms with Crippen molar-refractivity contribution in [3.8, 4) is 6.07 Å². The van der Waals surface area contributed by atoms with E-state index in [1.54, 1.807) is 29.2 Å². The van der Waals surface area contributed by atoms with Crippen molar-refractivity contribution in [3.63, 3.8) is 0 Å². The molecule has 3 aliphatic rings. The molecule has 2 heterocycles. The molecule has 0 aromatic heterocycles. The molecule has 2 N–H and O–H groups in total. The molecule has 1 amide bonds. The van der Waals surface area contributed by atoms with E-state index in [9.17, 15) is 14.9 Å². The van der Waals surface area contributed by atoms with Gasteiger partial charge in [0.15, 0.2) is 5.78 Å². The number of hydrogen-bond acceptors (Lipinski definition) is 5. The Labute approximate surface area is 196 Å². The molecule has 7 heteroatoms. The predicted octanol–water partition coefficient (Wildman–Crippen LogP) is 4.49. The lowest BCUT2D eigenvalue weighted by Gasteiger charge is -2.41. The van der Waals surface area contributed by atoms with Crippen LogP contribution in [0.2, 0.25) is 5.02 Å². The minimum Gasteiger partial charge on any atom is -0.444 e. The lowest BCUT2D eigenvalue weighted by atomic mass is 9.62. The number of halogens is 1. The first-order valence-electron chi connectivity index (χ1n) is 10.7. The van der Waals surface area contributed by atoms with E-state index in [1.807, 2.05) is 38.1 Å². The lowest BCUT2D eigenvalue weighted by Crippen LogP contribution is -2.50. The van der Waals surface area contributed by atoms with Gasteiger partial charge >= 0.3 is 0 Å². The number of Topliss-reactive ketones (excluding diaryl/α,β-unsaturated/α-hetero) is 1. The maximum atomic E-state index is 14.3. The molecule has 0 bridgehead atoms. The Balaban J connectivity index is 1.76. The van der Waals surface area contributed by atoms with Crippen molar-refractivity contribution >= 4 is 29.0 Å². The van der Waals surface area contributed by atoms with Crippen molar-refractivity contribution < 1.29 is 14.3 Å². The first-order chi connectivity index (χ1) is 15.7. The van der Waals surface area contributed by atoms with Gasteiger partial charge in [-0.2, -0.15) is 5.26 Å². The van der Waals surface area contributed by atoms with E-state index >= 15 is 0 Å². The number of ether oxygens (including phenoxy) is 1. The van der Waals surface area contributed by atoms with Crippen LogP contribution in [-0.4, -0.2) is 11.7 Å². The number of hydrogen-bond donors (Lipinski definition) is 1. The van der Waals surface area contributed by atoms with E-state index in [0.29, 0.717) is 28.5 Å². The summed E-state index contributed by atoms with van der Waals surface area (Å²) < 4.78 is 5.82. The number of para-hydroxylation sites is 1. The van der Waals surface area contributed by atoms with Crippen molar-refractivity contribution in [1.82, 2.24) is 0 Å². The van der Waals surface area contributed by atoms with Gasteiger partial charge in [0.1, 0.15) is 22.8 Å². The summed E-state index contributed by atoms with van der Waals surface area (Å²) in [7, 11) is 0. The second-order valence-electron chi connectivity index (χ2n) is 9.48. The number of nitriles is 1. The van der Waals surface area contributed by atoms with E-state index in [-0.39, 0.29) is 47.1 Å². The third kappa shape index (κ3) is 3.00. The number of allylic oxidation sites excluding steroid dienone is 1. The normalized spacial score (nSPS) is 23.4. The van der Waals surface area contributed by atoms with Gasteiger partial charge in [0.25, 0.3) is 0 Å². The van der Waals surface area contributed by atoms with E-state index in [0.717, 1.165) is 5.56 Å². The zero-order chi connectivity index (χ0) is 23.5. The molecule has 6 nitrogen and oxygen atoms in total. The van der Waals surface area contributed by atoms with Crippen LogP contribution in [0, 0.1) is 16.7 Å². The summed E-state index contributed by atoms with van der Waals surface area (Å²) in [5.74, 6) is -0.317. The average molecular weight is 460 g/mol. The highest BCUT2D eigenvalue weighted by Crippen LogP contribution is 2.57. The molecule has 1 aliphatic carbocycles. The number of benzene rings is 2. The van der Waals surface area contributed by atoms with Crippen LogP contribution in [0.5, 0.6) is 0 Å². The summed E-state index contributed by atoms with van der Waals surface area (Å²) >= 11 is 6.03. The number of amides is 1. The van der Waals surface area contributed by atoms with Gasteiger partial charge in [-0.3, -0.25) is 9.59 Å². The van der Waals surface area contributed by atoms with Gasteiger partial charge in [0.05, 0.1) is 12.1 Å². The van der Waals surface area contributed by atoms with Crippen LogP contribution in [-0.2, 0) is 26.3 Å². The highest BCUT2D eigenvalue weighted by Gasteiger charge is 2.62. The molecule has 0 saturated carbocycles. The Morgan fingerprint density at radius 1 is 1.12 bits per heavy atom. The molecule has 0 saturated heterocycles. The van der Waals surface area contributed by atoms with Crippen molar-refractivity contribution in [2.75, 3.05) is 4.90 Å². The molecule has 0 radical (unpaired) electrons. The van der Waals surface area contributed by atoms with Gasteiger partial charge in [0.2, 0.25) is 11.8 Å². The maximum absolute atomic E-state index is 14.3. The van der Waals surface area contributed by atoms with Crippen LogP contribution < -0.4 is 10.6 Å². The first-order valence-corrected chi connectivity index (χ1v) is 11.1. The quantitative estimate of drug-likeness (QED) is 0.713. The molecule has 2 aromatic carbocycles. The summed E-state index contributed by atoms with van der Waals surface area (Å²) in [4.78, 5) is 29.5. The smallest absolute Gasteiger partial charge is 0.248 e. The molecule has 1 spiro atoms. The van der Waals surface area contributed by atoms with Gasteiger partial charge in [-0.15, -0.1) is 0 Å². The SMILES string of the molecule is CC1(C)CC(=O)C2=C(C1)OC(N)=C(C#N)C21C(=O)N(Cc2ccc(Cl)cc2)c2ccccc21. The van der Waals surface area contributed by atoms with E-state index in [4.69, 9.17) is 22.1 Å². The Morgan fingerprint density at radius 3 is 2.52 bits per heavy atom. The van der Waals surface area contributed by atoms with Gasteiger partial charge in [-0.25, -0.2) is 0 Å². The Bertz CT molecular complexity index is 1320. The Kier molecular flexibility index (Phi) is 4.66. The number of carbonyl (C=O) groups is 2. The predicted molar refractivity (Wildman–Crippen MR) is 124 cm³/mol. The molecular weight excluding hydrogens is 438 g/mol. The zero-order valence-corrected chi connectivity index (χ0v) is 19.1. The number of carbonyl (C=O) groups excluding carboxylic acids is 2. The fourth-order valence-electron chi connectivity index (χ4n) is 5.27. The topological polar surface area (TPSA) is 96.4 Å². The van der Waals surface area contributed by atoms with Crippen molar-refractivity contribution in [3.05, 3.63) is 87.5 Å². The zero-order valence-electron chi connectivity index (χ0n) is 18.3. The van der Waals surface area contributed by atoms with E-state index < -0.39 is 5.41 Å². The average Bonchev–Trinajstić information content (AvgIpc) is 2.98. The van der Waals surface area contributed by atoms with Gasteiger partial charge in [0, 0.05) is 29.1 Å². The molecule has 5 rings (SSSR count). The fraction of sp³-hybridized carbons (Fsp3) is 0.269. The van der Waals surface area contributed by atoms with Crippen LogP contribution in [0.25, 0.3) is 0 Å². The third-order valence-corrected chi connectivity index (χ3v) is 6.85. The number of ketones is 1. The number of nitrogens with zero attached hydrogens (tertiary/aromatic N) is 2. The second kappa shape index (κ2) is 7.23. The Morgan fingerprint density at radius 2 is 1.82 bits per heavy atom. The van der Waals surface area contributed by atoms with Crippen molar-refractivity contribution in [2.24, 2.45) is 11.1 Å². The van der Waals surface area contributed by atoms with Crippen molar-refractivity contribution in [1.29, 1.82) is 5.26 Å². The second-order valence-corrected chi connectivity index (χ2v) is 9.91. The molecule has 33 heavy (non-hydrogen) atoms. The number of anilines is 1. The summed E-state index contributed by atoms with van der Waals surface area (Å²) in [6.07, 6.45) is 0.698. The molecular formula is C26H22ClN3O3. The molecule has 2 aromatic rings. The minimum absolute atomic E-state index is 0.0367.